The lowest BCUT2D eigenvalue weighted by atomic mass is 10.1. The Labute approximate surface area is 123 Å². The van der Waals surface area contributed by atoms with Gasteiger partial charge in [-0.15, -0.1) is 0 Å². The second-order valence-corrected chi connectivity index (χ2v) is 4.45. The quantitative estimate of drug-likeness (QED) is 0.870. The molecule has 0 saturated heterocycles. The Morgan fingerprint density at radius 2 is 2.00 bits per heavy atom. The molecule has 0 amide bonds. The average Bonchev–Trinajstić information content (AvgIpc) is 2.52. The molecule has 2 rings (SSSR count). The van der Waals surface area contributed by atoms with Crippen molar-refractivity contribution < 1.29 is 9.90 Å². The van der Waals surface area contributed by atoms with E-state index in [2.05, 4.69) is 6.07 Å². The van der Waals surface area contributed by atoms with Crippen molar-refractivity contribution in [2.24, 2.45) is 0 Å². The van der Waals surface area contributed by atoms with Crippen LogP contribution >= 0.6 is 0 Å². The van der Waals surface area contributed by atoms with Crippen molar-refractivity contribution in [2.75, 3.05) is 11.9 Å². The summed E-state index contributed by atoms with van der Waals surface area (Å²) in [6.45, 7) is 0. The van der Waals surface area contributed by atoms with Gasteiger partial charge >= 0.3 is 5.97 Å². The largest absolute Gasteiger partial charge is 0.478 e. The van der Waals surface area contributed by atoms with Crippen molar-refractivity contribution >= 4 is 23.4 Å². The molecule has 2 aromatic rings. The predicted molar refractivity (Wildman–Crippen MR) is 82.3 cm³/mol. The zero-order valence-corrected chi connectivity index (χ0v) is 11.5. The number of carbonyl (C=O) groups is 1. The highest BCUT2D eigenvalue weighted by Gasteiger charge is 2.08. The Bertz CT molecular complexity index is 730. The summed E-state index contributed by atoms with van der Waals surface area (Å²) < 4.78 is 0. The van der Waals surface area contributed by atoms with Gasteiger partial charge in [-0.1, -0.05) is 24.3 Å². The summed E-state index contributed by atoms with van der Waals surface area (Å²) in [5.41, 5.74) is 3.11. The summed E-state index contributed by atoms with van der Waals surface area (Å²) in [5.74, 6) is -0.987. The van der Waals surface area contributed by atoms with Gasteiger partial charge in [-0.25, -0.2) is 4.79 Å². The second-order valence-electron chi connectivity index (χ2n) is 4.45. The number of rotatable bonds is 4. The number of nitriles is 1. The molecule has 0 heterocycles. The Hall–Kier alpha value is -3.06. The van der Waals surface area contributed by atoms with Crippen LogP contribution in [0.25, 0.3) is 6.08 Å². The summed E-state index contributed by atoms with van der Waals surface area (Å²) in [6.07, 6.45) is 2.67. The van der Waals surface area contributed by atoms with Gasteiger partial charge in [0.15, 0.2) is 0 Å². The fourth-order valence-corrected chi connectivity index (χ4v) is 2.02. The van der Waals surface area contributed by atoms with Gasteiger partial charge in [0.1, 0.15) is 0 Å². The molecule has 0 fully saturated rings. The number of hydrogen-bond donors (Lipinski definition) is 1. The van der Waals surface area contributed by atoms with Gasteiger partial charge in [0.25, 0.3) is 0 Å². The lowest BCUT2D eigenvalue weighted by Crippen LogP contribution is -2.10. The van der Waals surface area contributed by atoms with Crippen molar-refractivity contribution in [1.29, 1.82) is 5.26 Å². The molecule has 0 spiro atoms. The Morgan fingerprint density at radius 1 is 1.24 bits per heavy atom. The molecule has 4 nitrogen and oxygen atoms in total. The number of hydrogen-bond acceptors (Lipinski definition) is 3. The number of anilines is 2. The van der Waals surface area contributed by atoms with Crippen molar-refractivity contribution in [3.8, 4) is 6.07 Å². The van der Waals surface area contributed by atoms with Crippen LogP contribution in [-0.4, -0.2) is 18.1 Å². The molecule has 0 bridgehead atoms. The van der Waals surface area contributed by atoms with Crippen LogP contribution in [0.15, 0.2) is 54.6 Å². The minimum absolute atomic E-state index is 0.581. The maximum atomic E-state index is 10.7. The van der Waals surface area contributed by atoms with Crippen molar-refractivity contribution in [1.82, 2.24) is 0 Å². The zero-order chi connectivity index (χ0) is 15.2. The van der Waals surface area contributed by atoms with Gasteiger partial charge in [0.05, 0.1) is 11.6 Å². The first-order chi connectivity index (χ1) is 10.1. The summed E-state index contributed by atoms with van der Waals surface area (Å²) in [5, 5.41) is 17.7. The van der Waals surface area contributed by atoms with E-state index in [0.29, 0.717) is 5.56 Å². The van der Waals surface area contributed by atoms with Gasteiger partial charge < -0.3 is 10.0 Å². The van der Waals surface area contributed by atoms with Crippen molar-refractivity contribution in [3.63, 3.8) is 0 Å². The van der Waals surface area contributed by atoms with Gasteiger partial charge in [-0.05, 0) is 35.9 Å². The Kier molecular flexibility index (Phi) is 4.37. The second kappa shape index (κ2) is 6.40. The molecule has 0 aliphatic rings. The SMILES string of the molecule is CN(c1cccc(C#N)c1)c1ccccc1C=CC(=O)O. The first kappa shape index (κ1) is 14.4. The monoisotopic (exact) mass is 278 g/mol. The Balaban J connectivity index is 2.41. The molecule has 0 aliphatic heterocycles. The highest BCUT2D eigenvalue weighted by molar-refractivity contribution is 5.87. The molecule has 0 atom stereocenters. The average molecular weight is 278 g/mol. The molecule has 21 heavy (non-hydrogen) atoms. The van der Waals surface area contributed by atoms with E-state index in [-0.39, 0.29) is 0 Å². The molecule has 104 valence electrons. The molecule has 2 aromatic carbocycles. The number of benzene rings is 2. The third kappa shape index (κ3) is 3.48. The normalized spacial score (nSPS) is 10.3. The van der Waals surface area contributed by atoms with E-state index in [1.807, 2.05) is 48.3 Å². The van der Waals surface area contributed by atoms with Crippen LogP contribution in [0.1, 0.15) is 11.1 Å². The molecule has 1 N–H and O–H groups in total. The highest BCUT2D eigenvalue weighted by Crippen LogP contribution is 2.28. The minimum atomic E-state index is -0.987. The molecular formula is C17H14N2O2. The van der Waals surface area contributed by atoms with Gasteiger partial charge in [-0.3, -0.25) is 0 Å². The first-order valence-electron chi connectivity index (χ1n) is 6.36. The van der Waals surface area contributed by atoms with Crippen LogP contribution in [0.2, 0.25) is 0 Å². The van der Waals surface area contributed by atoms with Gasteiger partial charge in [0, 0.05) is 24.5 Å². The van der Waals surface area contributed by atoms with Crippen LogP contribution in [-0.2, 0) is 4.79 Å². The van der Waals surface area contributed by atoms with E-state index in [9.17, 15) is 4.79 Å². The maximum absolute atomic E-state index is 10.7. The summed E-state index contributed by atoms with van der Waals surface area (Å²) in [6, 6.07) is 16.9. The third-order valence-electron chi connectivity index (χ3n) is 3.07. The van der Waals surface area contributed by atoms with Crippen molar-refractivity contribution in [3.05, 3.63) is 65.7 Å². The van der Waals surface area contributed by atoms with E-state index in [1.54, 1.807) is 18.2 Å². The molecule has 0 radical (unpaired) electrons. The zero-order valence-electron chi connectivity index (χ0n) is 11.5. The smallest absolute Gasteiger partial charge is 0.328 e. The van der Waals surface area contributed by atoms with E-state index in [0.717, 1.165) is 23.0 Å². The van der Waals surface area contributed by atoms with Crippen LogP contribution < -0.4 is 4.90 Å². The molecule has 0 aliphatic carbocycles. The van der Waals surface area contributed by atoms with Crippen LogP contribution in [0.4, 0.5) is 11.4 Å². The molecule has 0 unspecified atom stereocenters. The summed E-state index contributed by atoms with van der Waals surface area (Å²) in [7, 11) is 1.88. The predicted octanol–water partition coefficient (Wildman–Crippen LogP) is 3.42. The standard InChI is InChI=1S/C17H14N2O2/c1-19(15-7-4-5-13(11-15)12-18)16-8-3-2-6-14(16)9-10-17(20)21/h2-11H,1H3,(H,20,21). The van der Waals surface area contributed by atoms with E-state index in [4.69, 9.17) is 10.4 Å². The molecule has 4 heteroatoms. The van der Waals surface area contributed by atoms with E-state index < -0.39 is 5.97 Å². The van der Waals surface area contributed by atoms with Crippen LogP contribution in [0.3, 0.4) is 0 Å². The topological polar surface area (TPSA) is 64.3 Å². The molecular weight excluding hydrogens is 264 g/mol. The number of para-hydroxylation sites is 1. The summed E-state index contributed by atoms with van der Waals surface area (Å²) >= 11 is 0. The first-order valence-corrected chi connectivity index (χ1v) is 6.36. The molecule has 0 aromatic heterocycles. The number of nitrogens with zero attached hydrogens (tertiary/aromatic N) is 2. The van der Waals surface area contributed by atoms with E-state index >= 15 is 0 Å². The van der Waals surface area contributed by atoms with Crippen LogP contribution in [0, 0.1) is 11.3 Å². The maximum Gasteiger partial charge on any atom is 0.328 e. The number of carboxylic acid groups (broad SMARTS) is 1. The highest BCUT2D eigenvalue weighted by atomic mass is 16.4. The van der Waals surface area contributed by atoms with Gasteiger partial charge in [0.2, 0.25) is 0 Å². The fourth-order valence-electron chi connectivity index (χ4n) is 2.02. The lowest BCUT2D eigenvalue weighted by Gasteiger charge is -2.21. The number of carboxylic acids is 1. The van der Waals surface area contributed by atoms with Crippen LogP contribution in [0.5, 0.6) is 0 Å². The van der Waals surface area contributed by atoms with Gasteiger partial charge in [-0.2, -0.15) is 5.26 Å². The number of aliphatic carboxylic acids is 1. The molecule has 0 saturated carbocycles. The summed E-state index contributed by atoms with van der Waals surface area (Å²) in [4.78, 5) is 12.6. The Morgan fingerprint density at radius 3 is 2.71 bits per heavy atom. The fraction of sp³-hybridized carbons (Fsp3) is 0.0588. The van der Waals surface area contributed by atoms with Crippen molar-refractivity contribution in [2.45, 2.75) is 0 Å². The minimum Gasteiger partial charge on any atom is -0.478 e. The third-order valence-corrected chi connectivity index (χ3v) is 3.07. The van der Waals surface area contributed by atoms with E-state index in [1.165, 1.54) is 0 Å². The lowest BCUT2D eigenvalue weighted by molar-refractivity contribution is -0.131.